The zero-order valence-electron chi connectivity index (χ0n) is 10.8. The number of aryl methyl sites for hydroxylation is 1. The highest BCUT2D eigenvalue weighted by Gasteiger charge is 2.02. The molecule has 5 heteroatoms. The molecule has 1 aromatic carbocycles. The lowest BCUT2D eigenvalue weighted by Crippen LogP contribution is -1.94. The van der Waals surface area contributed by atoms with Crippen molar-refractivity contribution in [2.24, 2.45) is 0 Å². The molecule has 0 saturated carbocycles. The Labute approximate surface area is 119 Å². The van der Waals surface area contributed by atoms with Crippen LogP contribution in [-0.4, -0.2) is 11.1 Å². The fourth-order valence-electron chi connectivity index (χ4n) is 1.59. The van der Waals surface area contributed by atoms with E-state index in [9.17, 15) is 9.18 Å². The van der Waals surface area contributed by atoms with Gasteiger partial charge in [0.1, 0.15) is 18.2 Å². The van der Waals surface area contributed by atoms with Gasteiger partial charge in [0.15, 0.2) is 0 Å². The van der Waals surface area contributed by atoms with Crippen LogP contribution < -0.4 is 4.74 Å². The standard InChI is InChI=1S/C15H13FO3S/c1-10-6-12(3-4-14(10)16)19-8-13-7-11(9-20-13)2-5-15(17)18/h2-7,9H,8H2,1H3,(H,17,18)/b5-2+. The maximum Gasteiger partial charge on any atom is 0.328 e. The van der Waals surface area contributed by atoms with E-state index in [-0.39, 0.29) is 5.82 Å². The van der Waals surface area contributed by atoms with Gasteiger partial charge >= 0.3 is 5.97 Å². The maximum absolute atomic E-state index is 13.1. The minimum Gasteiger partial charge on any atom is -0.488 e. The van der Waals surface area contributed by atoms with Gasteiger partial charge in [0.25, 0.3) is 0 Å². The van der Waals surface area contributed by atoms with E-state index in [4.69, 9.17) is 9.84 Å². The van der Waals surface area contributed by atoms with Crippen LogP contribution in [0.25, 0.3) is 6.08 Å². The first kappa shape index (κ1) is 14.3. The summed E-state index contributed by atoms with van der Waals surface area (Å²) in [5, 5.41) is 10.4. The number of carbonyl (C=O) groups is 1. The van der Waals surface area contributed by atoms with Gasteiger partial charge in [0.05, 0.1) is 0 Å². The largest absolute Gasteiger partial charge is 0.488 e. The van der Waals surface area contributed by atoms with Gasteiger partial charge in [-0.3, -0.25) is 0 Å². The van der Waals surface area contributed by atoms with Crippen LogP contribution in [0.1, 0.15) is 16.0 Å². The molecule has 2 rings (SSSR count). The molecule has 0 saturated heterocycles. The van der Waals surface area contributed by atoms with Crippen LogP contribution in [0.2, 0.25) is 0 Å². The summed E-state index contributed by atoms with van der Waals surface area (Å²) in [6.45, 7) is 2.05. The van der Waals surface area contributed by atoms with Gasteiger partial charge in [-0.25, -0.2) is 9.18 Å². The van der Waals surface area contributed by atoms with Crippen LogP contribution in [0.5, 0.6) is 5.75 Å². The molecule has 0 spiro atoms. The summed E-state index contributed by atoms with van der Waals surface area (Å²) in [6, 6.07) is 6.47. The molecule has 0 aliphatic heterocycles. The average Bonchev–Trinajstić information content (AvgIpc) is 2.86. The topological polar surface area (TPSA) is 46.5 Å². The molecule has 3 nitrogen and oxygen atoms in total. The Kier molecular flexibility index (Phi) is 4.53. The Morgan fingerprint density at radius 2 is 2.25 bits per heavy atom. The van der Waals surface area contributed by atoms with Crippen molar-refractivity contribution >= 4 is 23.4 Å². The van der Waals surface area contributed by atoms with Gasteiger partial charge in [-0.05, 0) is 53.8 Å². The summed E-state index contributed by atoms with van der Waals surface area (Å²) in [4.78, 5) is 11.4. The van der Waals surface area contributed by atoms with E-state index < -0.39 is 5.97 Å². The minimum atomic E-state index is -0.976. The molecule has 0 fully saturated rings. The molecule has 0 atom stereocenters. The molecular weight excluding hydrogens is 279 g/mol. The number of hydrogen-bond acceptors (Lipinski definition) is 3. The van der Waals surface area contributed by atoms with Crippen molar-refractivity contribution in [1.82, 2.24) is 0 Å². The molecule has 1 aromatic heterocycles. The predicted octanol–water partition coefficient (Wildman–Crippen LogP) is 3.87. The smallest absolute Gasteiger partial charge is 0.328 e. The lowest BCUT2D eigenvalue weighted by molar-refractivity contribution is -0.131. The average molecular weight is 292 g/mol. The predicted molar refractivity (Wildman–Crippen MR) is 76.5 cm³/mol. The summed E-state index contributed by atoms with van der Waals surface area (Å²) >= 11 is 1.48. The van der Waals surface area contributed by atoms with E-state index in [0.717, 1.165) is 16.5 Å². The number of benzene rings is 1. The third-order valence-corrected chi connectivity index (χ3v) is 3.53. The number of carboxylic acid groups (broad SMARTS) is 1. The monoisotopic (exact) mass is 292 g/mol. The van der Waals surface area contributed by atoms with Crippen LogP contribution in [0, 0.1) is 12.7 Å². The molecule has 1 N–H and O–H groups in total. The molecule has 0 radical (unpaired) electrons. The van der Waals surface area contributed by atoms with Crippen molar-refractivity contribution in [2.45, 2.75) is 13.5 Å². The van der Waals surface area contributed by atoms with Crippen LogP contribution in [0.4, 0.5) is 4.39 Å². The SMILES string of the molecule is Cc1cc(OCc2cc(/C=C/C(=O)O)cs2)ccc1F. The zero-order chi connectivity index (χ0) is 14.5. The number of thiophene rings is 1. The fourth-order valence-corrected chi connectivity index (χ4v) is 2.35. The molecule has 2 aromatic rings. The first-order chi connectivity index (χ1) is 9.54. The second kappa shape index (κ2) is 6.34. The first-order valence-electron chi connectivity index (χ1n) is 5.92. The number of aliphatic carboxylic acids is 1. The summed E-state index contributed by atoms with van der Waals surface area (Å²) in [5.41, 5.74) is 1.37. The Morgan fingerprint density at radius 3 is 2.95 bits per heavy atom. The summed E-state index contributed by atoms with van der Waals surface area (Å²) in [5.74, 6) is -0.620. The highest BCUT2D eigenvalue weighted by Crippen LogP contribution is 2.20. The van der Waals surface area contributed by atoms with Crippen molar-refractivity contribution in [3.05, 3.63) is 57.5 Å². The highest BCUT2D eigenvalue weighted by atomic mass is 32.1. The summed E-state index contributed by atoms with van der Waals surface area (Å²) in [6.07, 6.45) is 2.63. The normalized spacial score (nSPS) is 10.9. The van der Waals surface area contributed by atoms with E-state index >= 15 is 0 Å². The second-order valence-corrected chi connectivity index (χ2v) is 5.21. The summed E-state index contributed by atoms with van der Waals surface area (Å²) < 4.78 is 18.7. The van der Waals surface area contributed by atoms with Crippen LogP contribution >= 0.6 is 11.3 Å². The molecular formula is C15H13FO3S. The third kappa shape index (κ3) is 3.93. The summed E-state index contributed by atoms with van der Waals surface area (Å²) in [7, 11) is 0. The molecule has 0 aliphatic rings. The minimum absolute atomic E-state index is 0.255. The van der Waals surface area contributed by atoms with Crippen molar-refractivity contribution in [3.63, 3.8) is 0 Å². The van der Waals surface area contributed by atoms with E-state index in [1.165, 1.54) is 23.5 Å². The Morgan fingerprint density at radius 1 is 1.45 bits per heavy atom. The quantitative estimate of drug-likeness (QED) is 0.851. The molecule has 0 bridgehead atoms. The van der Waals surface area contributed by atoms with Crippen molar-refractivity contribution in [3.8, 4) is 5.75 Å². The van der Waals surface area contributed by atoms with Crippen LogP contribution in [-0.2, 0) is 11.4 Å². The molecule has 104 valence electrons. The van der Waals surface area contributed by atoms with Gasteiger partial charge in [-0.1, -0.05) is 0 Å². The first-order valence-corrected chi connectivity index (χ1v) is 6.80. The number of rotatable bonds is 5. The van der Waals surface area contributed by atoms with Crippen LogP contribution in [0.3, 0.4) is 0 Å². The van der Waals surface area contributed by atoms with E-state index in [0.29, 0.717) is 17.9 Å². The van der Waals surface area contributed by atoms with Gasteiger partial charge in [0.2, 0.25) is 0 Å². The Hall–Kier alpha value is -2.14. The van der Waals surface area contributed by atoms with Gasteiger partial charge in [-0.2, -0.15) is 0 Å². The second-order valence-electron chi connectivity index (χ2n) is 4.22. The number of halogens is 1. The number of ether oxygens (including phenoxy) is 1. The molecule has 1 heterocycles. The van der Waals surface area contributed by atoms with Gasteiger partial charge in [-0.15, -0.1) is 11.3 Å². The van der Waals surface area contributed by atoms with Crippen molar-refractivity contribution in [1.29, 1.82) is 0 Å². The van der Waals surface area contributed by atoms with E-state index in [2.05, 4.69) is 0 Å². The molecule has 20 heavy (non-hydrogen) atoms. The number of hydrogen-bond donors (Lipinski definition) is 1. The maximum atomic E-state index is 13.1. The number of carboxylic acids is 1. The van der Waals surface area contributed by atoms with E-state index in [1.807, 2.05) is 11.4 Å². The lowest BCUT2D eigenvalue weighted by atomic mass is 10.2. The van der Waals surface area contributed by atoms with Gasteiger partial charge < -0.3 is 9.84 Å². The fraction of sp³-hybridized carbons (Fsp3) is 0.133. The lowest BCUT2D eigenvalue weighted by Gasteiger charge is -2.05. The van der Waals surface area contributed by atoms with Crippen molar-refractivity contribution < 1.29 is 19.0 Å². The molecule has 0 unspecified atom stereocenters. The Balaban J connectivity index is 1.97. The van der Waals surface area contributed by atoms with Crippen molar-refractivity contribution in [2.75, 3.05) is 0 Å². The van der Waals surface area contributed by atoms with Gasteiger partial charge in [0, 0.05) is 11.0 Å². The molecule has 0 aliphatic carbocycles. The highest BCUT2D eigenvalue weighted by molar-refractivity contribution is 7.10. The third-order valence-electron chi connectivity index (χ3n) is 2.60. The molecule has 0 amide bonds. The Bertz CT molecular complexity index is 646. The van der Waals surface area contributed by atoms with E-state index in [1.54, 1.807) is 19.1 Å². The zero-order valence-corrected chi connectivity index (χ0v) is 11.6. The van der Waals surface area contributed by atoms with Crippen LogP contribution in [0.15, 0.2) is 35.7 Å².